The van der Waals surface area contributed by atoms with E-state index in [0.717, 1.165) is 6.42 Å². The molecule has 0 N–H and O–H groups in total. The first kappa shape index (κ1) is 25.1. The molecule has 0 fully saturated rings. The number of hydrogen-bond donors (Lipinski definition) is 0. The topological polar surface area (TPSA) is 0 Å². The van der Waals surface area contributed by atoms with Crippen LogP contribution < -0.4 is 0 Å². The Balaban J connectivity index is 1.04. The van der Waals surface area contributed by atoms with Crippen molar-refractivity contribution in [2.24, 2.45) is 5.92 Å². The van der Waals surface area contributed by atoms with Crippen molar-refractivity contribution in [1.82, 2.24) is 0 Å². The Hall–Kier alpha value is -5.24. The summed E-state index contributed by atoms with van der Waals surface area (Å²) in [6, 6.07) is 47.4. The fourth-order valence-corrected chi connectivity index (χ4v) is 9.03. The van der Waals surface area contributed by atoms with Gasteiger partial charge in [-0.3, -0.25) is 0 Å². The summed E-state index contributed by atoms with van der Waals surface area (Å²) in [6.07, 6.45) is 10.6. The zero-order valence-corrected chi connectivity index (χ0v) is 25.4. The van der Waals surface area contributed by atoms with Crippen molar-refractivity contribution >= 4 is 81.0 Å². The zero-order chi connectivity index (χ0) is 29.5. The number of benzene rings is 7. The lowest BCUT2D eigenvalue weighted by Crippen LogP contribution is -2.09. The maximum absolute atomic E-state index is 2.44. The van der Waals surface area contributed by atoms with Crippen LogP contribution in [0.1, 0.15) is 23.1 Å². The minimum Gasteiger partial charge on any atom is -0.134 e. The second-order valence-corrected chi connectivity index (χ2v) is 13.5. The van der Waals surface area contributed by atoms with E-state index in [-0.39, 0.29) is 0 Å². The highest BCUT2D eigenvalue weighted by atomic mass is 32.1. The first-order chi connectivity index (χ1) is 22.3. The molecule has 2 aliphatic rings. The number of allylic oxidation sites excluding steroid dienone is 5. The molecule has 8 aromatic rings. The fraction of sp³-hybridized carbons (Fsp3) is 0.0455. The smallest absolute Gasteiger partial charge is 0.0434 e. The summed E-state index contributed by atoms with van der Waals surface area (Å²) >= 11 is 1.93. The van der Waals surface area contributed by atoms with Crippen LogP contribution in [0.2, 0.25) is 0 Å². The second kappa shape index (κ2) is 9.63. The van der Waals surface area contributed by atoms with Gasteiger partial charge in [0.05, 0.1) is 0 Å². The largest absolute Gasteiger partial charge is 0.134 e. The van der Waals surface area contributed by atoms with Crippen molar-refractivity contribution < 1.29 is 0 Å². The summed E-state index contributed by atoms with van der Waals surface area (Å²) in [6.45, 7) is 0. The zero-order valence-electron chi connectivity index (χ0n) is 24.6. The molecule has 10 rings (SSSR count). The van der Waals surface area contributed by atoms with E-state index < -0.39 is 0 Å². The Bertz CT molecular complexity index is 2620. The van der Waals surface area contributed by atoms with Gasteiger partial charge in [0.1, 0.15) is 0 Å². The molecule has 210 valence electrons. The molecule has 2 aliphatic carbocycles. The summed E-state index contributed by atoms with van der Waals surface area (Å²) in [5, 5.41) is 10.5. The normalized spacial score (nSPS) is 15.9. The summed E-state index contributed by atoms with van der Waals surface area (Å²) in [5.74, 6) is 0.444. The van der Waals surface area contributed by atoms with Crippen molar-refractivity contribution in [2.45, 2.75) is 6.42 Å². The highest BCUT2D eigenvalue weighted by Crippen LogP contribution is 2.45. The third-order valence-corrected chi connectivity index (χ3v) is 11.2. The van der Waals surface area contributed by atoms with Gasteiger partial charge in [0.2, 0.25) is 0 Å². The van der Waals surface area contributed by atoms with Gasteiger partial charge in [-0.1, -0.05) is 140 Å². The van der Waals surface area contributed by atoms with E-state index >= 15 is 0 Å². The molecule has 0 nitrogen and oxygen atoms in total. The van der Waals surface area contributed by atoms with Crippen molar-refractivity contribution in [3.05, 3.63) is 162 Å². The highest BCUT2D eigenvalue weighted by molar-refractivity contribution is 7.27. The molecular weight excluding hydrogens is 561 g/mol. The Morgan fingerprint density at radius 1 is 0.511 bits per heavy atom. The average molecular weight is 589 g/mol. The molecule has 1 unspecified atom stereocenters. The van der Waals surface area contributed by atoms with Gasteiger partial charge in [0.25, 0.3) is 0 Å². The summed E-state index contributed by atoms with van der Waals surface area (Å²) in [5.41, 5.74) is 9.36. The van der Waals surface area contributed by atoms with Crippen LogP contribution >= 0.6 is 11.3 Å². The van der Waals surface area contributed by atoms with E-state index in [2.05, 4.69) is 152 Å². The van der Waals surface area contributed by atoms with Crippen LogP contribution in [-0.2, 0) is 0 Å². The van der Waals surface area contributed by atoms with Crippen molar-refractivity contribution in [3.8, 4) is 11.1 Å². The van der Waals surface area contributed by atoms with Crippen molar-refractivity contribution in [3.63, 3.8) is 0 Å². The minimum absolute atomic E-state index is 0.444. The lowest BCUT2D eigenvalue weighted by molar-refractivity contribution is 0.846. The molecule has 1 atom stereocenters. The summed E-state index contributed by atoms with van der Waals surface area (Å²) in [4.78, 5) is 0. The van der Waals surface area contributed by atoms with Crippen LogP contribution in [0.5, 0.6) is 0 Å². The van der Waals surface area contributed by atoms with Crippen LogP contribution in [0.15, 0.2) is 146 Å². The number of rotatable bonds is 2. The minimum atomic E-state index is 0.444. The molecule has 45 heavy (non-hydrogen) atoms. The van der Waals surface area contributed by atoms with Gasteiger partial charge in [-0.15, -0.1) is 11.3 Å². The number of fused-ring (bicyclic) bond motifs is 11. The molecule has 0 radical (unpaired) electrons. The molecule has 0 spiro atoms. The van der Waals surface area contributed by atoms with Crippen molar-refractivity contribution in [1.29, 1.82) is 0 Å². The first-order valence-electron chi connectivity index (χ1n) is 15.8. The van der Waals surface area contributed by atoms with Crippen LogP contribution in [0.3, 0.4) is 0 Å². The Labute approximate surface area is 265 Å². The predicted octanol–water partition coefficient (Wildman–Crippen LogP) is 12.7. The summed E-state index contributed by atoms with van der Waals surface area (Å²) in [7, 11) is 0. The monoisotopic (exact) mass is 588 g/mol. The Morgan fingerprint density at radius 2 is 1.20 bits per heavy atom. The van der Waals surface area contributed by atoms with Gasteiger partial charge >= 0.3 is 0 Å². The van der Waals surface area contributed by atoms with Gasteiger partial charge < -0.3 is 0 Å². The van der Waals surface area contributed by atoms with Gasteiger partial charge in [0.15, 0.2) is 0 Å². The van der Waals surface area contributed by atoms with Gasteiger partial charge in [0, 0.05) is 26.1 Å². The molecule has 1 heteroatoms. The van der Waals surface area contributed by atoms with Gasteiger partial charge in [-0.2, -0.15) is 0 Å². The van der Waals surface area contributed by atoms with E-state index in [1.807, 2.05) is 11.3 Å². The molecule has 1 heterocycles. The SMILES string of the molecule is C1=CC2CC=C(c3ccc4cc(-c5cccc6c5sc5c7ccccc7ccc65)ccc4c3)C=C2c2ccc3ccccc3c21. The van der Waals surface area contributed by atoms with E-state index in [0.29, 0.717) is 5.92 Å². The maximum atomic E-state index is 2.44. The molecule has 0 saturated heterocycles. The standard InChI is InChI=1S/C44H28S/c1-3-8-35-27(6-1)18-22-39-38(35)21-19-29-12-13-33(26-42(29)39)31-14-15-32-25-34(17-16-30(32)24-31)37-10-5-11-40-41-23-20-28-7-2-4-9-36(28)43(41)45-44(37)40/h1-11,13-26,29H,12H2. The lowest BCUT2D eigenvalue weighted by Gasteiger charge is -2.27. The number of thiophene rings is 1. The lowest BCUT2D eigenvalue weighted by atomic mass is 9.77. The molecular formula is C44H28S. The fourth-order valence-electron chi connectivity index (χ4n) is 7.66. The van der Waals surface area contributed by atoms with Crippen molar-refractivity contribution in [2.75, 3.05) is 0 Å². The second-order valence-electron chi connectivity index (χ2n) is 12.4. The average Bonchev–Trinajstić information content (AvgIpc) is 3.50. The van der Waals surface area contributed by atoms with E-state index in [1.54, 1.807) is 0 Å². The molecule has 0 amide bonds. The van der Waals surface area contributed by atoms with Crippen LogP contribution in [-0.4, -0.2) is 0 Å². The highest BCUT2D eigenvalue weighted by Gasteiger charge is 2.24. The van der Waals surface area contributed by atoms with Gasteiger partial charge in [-0.25, -0.2) is 0 Å². The number of hydrogen-bond acceptors (Lipinski definition) is 1. The molecule has 1 aromatic heterocycles. The maximum Gasteiger partial charge on any atom is 0.0434 e. The van der Waals surface area contributed by atoms with Crippen LogP contribution in [0.25, 0.3) is 80.8 Å². The predicted molar refractivity (Wildman–Crippen MR) is 197 cm³/mol. The summed E-state index contributed by atoms with van der Waals surface area (Å²) < 4.78 is 2.74. The van der Waals surface area contributed by atoms with E-state index in [9.17, 15) is 0 Å². The molecule has 0 bridgehead atoms. The molecule has 0 aliphatic heterocycles. The van der Waals surface area contributed by atoms with E-state index in [1.165, 1.54) is 91.5 Å². The quantitative estimate of drug-likeness (QED) is 0.188. The Morgan fingerprint density at radius 3 is 2.09 bits per heavy atom. The third-order valence-electron chi connectivity index (χ3n) is 9.95. The Kier molecular flexibility index (Phi) is 5.38. The van der Waals surface area contributed by atoms with Gasteiger partial charge in [-0.05, 0) is 89.8 Å². The first-order valence-corrected chi connectivity index (χ1v) is 16.6. The van der Waals surface area contributed by atoms with E-state index in [4.69, 9.17) is 0 Å². The molecule has 7 aromatic carbocycles. The van der Waals surface area contributed by atoms with Crippen LogP contribution in [0.4, 0.5) is 0 Å². The van der Waals surface area contributed by atoms with Crippen LogP contribution in [0, 0.1) is 5.92 Å². The third kappa shape index (κ3) is 3.84. The molecule has 0 saturated carbocycles.